The largest absolute Gasteiger partial charge is 0.340 e. The van der Waals surface area contributed by atoms with E-state index in [0.717, 1.165) is 0 Å². The van der Waals surface area contributed by atoms with Crippen LogP contribution < -0.4 is 0 Å². The van der Waals surface area contributed by atoms with Crippen LogP contribution in [0.25, 0.3) is 0 Å². The molecule has 0 saturated carbocycles. The van der Waals surface area contributed by atoms with Crippen molar-refractivity contribution < 1.29 is 14.3 Å². The molecule has 42 valence electrons. The molecule has 0 spiro atoms. The van der Waals surface area contributed by atoms with Gasteiger partial charge < -0.3 is 4.89 Å². The molecule has 0 bridgehead atoms. The van der Waals surface area contributed by atoms with E-state index in [9.17, 15) is 4.79 Å². The highest BCUT2D eigenvalue weighted by Crippen LogP contribution is 1.80. The van der Waals surface area contributed by atoms with Gasteiger partial charge in [0.15, 0.2) is 0 Å². The van der Waals surface area contributed by atoms with E-state index in [1.807, 2.05) is 0 Å². The summed E-state index contributed by atoms with van der Waals surface area (Å²) in [5.41, 5.74) is 0. The second kappa shape index (κ2) is 3.82. The third-order valence-corrected chi connectivity index (χ3v) is 0.632. The molecule has 3 nitrogen and oxygen atoms in total. The zero-order valence-corrected chi connectivity index (χ0v) is 6.43. The lowest BCUT2D eigenvalue weighted by atomic mass is 10.5. The Morgan fingerprint density at radius 1 is 1.86 bits per heavy atom. The smallest absolute Gasteiger partial charge is 0.311 e. The molecular weight excluding hydrogens is 112 g/mol. The van der Waals surface area contributed by atoms with Crippen LogP contribution in [0.3, 0.4) is 0 Å². The van der Waals surface area contributed by atoms with Gasteiger partial charge in [0.1, 0.15) is 0 Å². The predicted octanol–water partition coefficient (Wildman–Crippen LogP) is -0.848. The third-order valence-electron chi connectivity index (χ3n) is 0.465. The second-order valence-electron chi connectivity index (χ2n) is 0.976. The number of carbonyl (C=O) groups is 1. The highest BCUT2D eigenvalue weighted by Gasteiger charge is 1.93. The molecule has 0 radical (unpaired) electrons. The molecule has 4 heteroatoms. The van der Waals surface area contributed by atoms with Crippen molar-refractivity contribution in [3.8, 4) is 0 Å². The lowest BCUT2D eigenvalue weighted by molar-refractivity contribution is -0.211. The van der Waals surface area contributed by atoms with Crippen LogP contribution in [0.2, 0.25) is 0 Å². The molecule has 0 amide bonds. The highest BCUT2D eigenvalue weighted by atomic mass is 28.2. The van der Waals surface area contributed by atoms with Gasteiger partial charge in [-0.3, -0.25) is 4.58 Å². The predicted molar refractivity (Wildman–Crippen MR) is 27.4 cm³/mol. The van der Waals surface area contributed by atoms with Gasteiger partial charge in [-0.2, -0.15) is 0 Å². The summed E-state index contributed by atoms with van der Waals surface area (Å²) in [7, 11) is 0.448. The van der Waals surface area contributed by atoms with Gasteiger partial charge in [-0.05, 0) is 0 Å². The molecule has 0 heterocycles. The maximum Gasteiger partial charge on any atom is 0.340 e. The third kappa shape index (κ3) is 3.48. The van der Waals surface area contributed by atoms with E-state index in [1.54, 1.807) is 6.92 Å². The van der Waals surface area contributed by atoms with E-state index < -0.39 is 0 Å². The maximum atomic E-state index is 10.1. The first kappa shape index (κ1) is 6.65. The van der Waals surface area contributed by atoms with E-state index in [0.29, 0.717) is 16.9 Å². The van der Waals surface area contributed by atoms with E-state index in [2.05, 4.69) is 9.46 Å². The normalized spacial score (nSPS) is 8.71. The van der Waals surface area contributed by atoms with Crippen molar-refractivity contribution in [3.05, 3.63) is 0 Å². The van der Waals surface area contributed by atoms with Gasteiger partial charge in [-0.1, -0.05) is 6.92 Å². The van der Waals surface area contributed by atoms with Gasteiger partial charge in [0.05, 0.1) is 0 Å². The first-order valence-electron chi connectivity index (χ1n) is 2.04. The fourth-order valence-electron chi connectivity index (χ4n) is 0.152. The van der Waals surface area contributed by atoms with Crippen molar-refractivity contribution in [3.63, 3.8) is 0 Å². The van der Waals surface area contributed by atoms with Crippen LogP contribution in [-0.4, -0.2) is 16.5 Å². The molecule has 0 aliphatic carbocycles. The standard InChI is InChI=1S/C3H8O3Si/c1-2-3(4)5-6-7/h2H2,1,7H3. The molecule has 0 N–H and O–H groups in total. The Hall–Kier alpha value is -0.353. The number of hydrogen-bond donors (Lipinski definition) is 0. The van der Waals surface area contributed by atoms with E-state index in [-0.39, 0.29) is 5.97 Å². The van der Waals surface area contributed by atoms with Crippen LogP contribution in [0.5, 0.6) is 0 Å². The minimum Gasteiger partial charge on any atom is -0.311 e. The molecule has 0 aliphatic rings. The molecule has 0 saturated heterocycles. The van der Waals surface area contributed by atoms with Crippen molar-refractivity contribution >= 4 is 16.5 Å². The molecule has 0 atom stereocenters. The molecule has 0 aliphatic heterocycles. The Kier molecular flexibility index (Phi) is 3.63. The lowest BCUT2D eigenvalue weighted by Crippen LogP contribution is -2.00. The van der Waals surface area contributed by atoms with Gasteiger partial charge in [0.2, 0.25) is 10.5 Å². The van der Waals surface area contributed by atoms with E-state index in [4.69, 9.17) is 0 Å². The van der Waals surface area contributed by atoms with Crippen molar-refractivity contribution in [1.82, 2.24) is 0 Å². The van der Waals surface area contributed by atoms with E-state index >= 15 is 0 Å². The van der Waals surface area contributed by atoms with E-state index in [1.165, 1.54) is 0 Å². The average molecular weight is 120 g/mol. The molecule has 0 aromatic rings. The molecule has 7 heavy (non-hydrogen) atoms. The fourth-order valence-corrected chi connectivity index (χ4v) is 0.338. The van der Waals surface area contributed by atoms with Crippen LogP contribution >= 0.6 is 0 Å². The zero-order valence-electron chi connectivity index (χ0n) is 4.43. The van der Waals surface area contributed by atoms with Crippen LogP contribution in [0.15, 0.2) is 0 Å². The van der Waals surface area contributed by atoms with Crippen molar-refractivity contribution in [1.29, 1.82) is 0 Å². The Bertz CT molecular complexity index is 63.2. The molecule has 0 aromatic heterocycles. The first-order chi connectivity index (χ1) is 3.31. The monoisotopic (exact) mass is 120 g/mol. The summed E-state index contributed by atoms with van der Waals surface area (Å²) < 4.78 is 4.18. The first-order valence-corrected chi connectivity index (χ1v) is 2.86. The van der Waals surface area contributed by atoms with Crippen molar-refractivity contribution in [2.24, 2.45) is 0 Å². The average Bonchev–Trinajstić information content (AvgIpc) is 1.68. The summed E-state index contributed by atoms with van der Waals surface area (Å²) in [6.45, 7) is 1.71. The quantitative estimate of drug-likeness (QED) is 0.270. The number of rotatable bonds is 2. The minimum absolute atomic E-state index is 0.310. The molecular formula is C3H8O3Si. The molecule has 0 aromatic carbocycles. The minimum atomic E-state index is -0.310. The van der Waals surface area contributed by atoms with Gasteiger partial charge in [-0.15, -0.1) is 0 Å². The number of carbonyl (C=O) groups excluding carboxylic acids is 1. The SMILES string of the molecule is CCC(=O)OO[SiH3]. The summed E-state index contributed by atoms with van der Waals surface area (Å²) >= 11 is 0. The van der Waals surface area contributed by atoms with Gasteiger partial charge >= 0.3 is 5.97 Å². The zero-order chi connectivity index (χ0) is 5.70. The van der Waals surface area contributed by atoms with Gasteiger partial charge in [0, 0.05) is 6.42 Å². The van der Waals surface area contributed by atoms with Gasteiger partial charge in [-0.25, -0.2) is 4.79 Å². The number of hydrogen-bond acceptors (Lipinski definition) is 3. The van der Waals surface area contributed by atoms with Crippen LogP contribution in [0, 0.1) is 0 Å². The molecule has 0 unspecified atom stereocenters. The van der Waals surface area contributed by atoms with Crippen LogP contribution in [-0.2, 0) is 14.3 Å². The van der Waals surface area contributed by atoms with Crippen molar-refractivity contribution in [2.75, 3.05) is 0 Å². The summed E-state index contributed by atoms with van der Waals surface area (Å²) in [5, 5.41) is 0. The Morgan fingerprint density at radius 2 is 2.43 bits per heavy atom. The Balaban J connectivity index is 3.00. The summed E-state index contributed by atoms with van der Waals surface area (Å²) in [5.74, 6) is -0.310. The molecule has 0 rings (SSSR count). The van der Waals surface area contributed by atoms with Gasteiger partial charge in [0.25, 0.3) is 0 Å². The Morgan fingerprint density at radius 3 is 2.57 bits per heavy atom. The fraction of sp³-hybridized carbons (Fsp3) is 0.667. The van der Waals surface area contributed by atoms with Crippen LogP contribution in [0.1, 0.15) is 13.3 Å². The highest BCUT2D eigenvalue weighted by molar-refractivity contribution is 5.97. The second-order valence-corrected chi connectivity index (χ2v) is 1.31. The van der Waals surface area contributed by atoms with Crippen LogP contribution in [0.4, 0.5) is 0 Å². The summed E-state index contributed by atoms with van der Waals surface area (Å²) in [6, 6.07) is 0. The summed E-state index contributed by atoms with van der Waals surface area (Å²) in [4.78, 5) is 14.2. The Labute approximate surface area is 45.1 Å². The van der Waals surface area contributed by atoms with Crippen molar-refractivity contribution in [2.45, 2.75) is 13.3 Å². The lowest BCUT2D eigenvalue weighted by Gasteiger charge is -1.92. The molecule has 0 fully saturated rings. The topological polar surface area (TPSA) is 35.5 Å². The summed E-state index contributed by atoms with van der Waals surface area (Å²) in [6.07, 6.45) is 0.377. The maximum absolute atomic E-state index is 10.1.